The second-order valence-corrected chi connectivity index (χ2v) is 6.27. The van der Waals surface area contributed by atoms with E-state index in [9.17, 15) is 5.11 Å². The zero-order valence-electron chi connectivity index (χ0n) is 13.3. The van der Waals surface area contributed by atoms with Crippen molar-refractivity contribution in [1.82, 2.24) is 0 Å². The fraction of sp³-hybridized carbons (Fsp3) is 0.333. The average Bonchev–Trinajstić information content (AvgIpc) is 2.42. The van der Waals surface area contributed by atoms with Crippen LogP contribution >= 0.6 is 12.4 Å². The van der Waals surface area contributed by atoms with Gasteiger partial charge in [0.2, 0.25) is 0 Å². The van der Waals surface area contributed by atoms with Crippen molar-refractivity contribution in [1.29, 1.82) is 0 Å². The molecule has 2 aromatic carbocycles. The Kier molecular flexibility index (Phi) is 6.27. The molecular weight excluding hydrogens is 298 g/mol. The highest BCUT2D eigenvalue weighted by molar-refractivity contribution is 5.85. The number of anilines is 1. The summed E-state index contributed by atoms with van der Waals surface area (Å²) in [4.78, 5) is 0. The van der Waals surface area contributed by atoms with Gasteiger partial charge in [-0.3, -0.25) is 0 Å². The van der Waals surface area contributed by atoms with Gasteiger partial charge in [0.1, 0.15) is 12.5 Å². The number of para-hydroxylation sites is 1. The van der Waals surface area contributed by atoms with Gasteiger partial charge in [0.05, 0.1) is 0 Å². The first-order chi connectivity index (χ1) is 9.91. The summed E-state index contributed by atoms with van der Waals surface area (Å²) >= 11 is 0. The van der Waals surface area contributed by atoms with E-state index in [0.29, 0.717) is 5.75 Å². The number of aromatic hydroxyl groups is 1. The third-order valence-corrected chi connectivity index (χ3v) is 3.55. The lowest BCUT2D eigenvalue weighted by molar-refractivity contribution is 0.325. The fourth-order valence-electron chi connectivity index (χ4n) is 2.45. The molecule has 0 fully saturated rings. The van der Waals surface area contributed by atoms with Crippen molar-refractivity contribution >= 4 is 18.1 Å². The number of halogens is 1. The summed E-state index contributed by atoms with van der Waals surface area (Å²) in [5.41, 5.74) is 4.06. The monoisotopic (exact) mass is 321 g/mol. The molecule has 0 radical (unpaired) electrons. The van der Waals surface area contributed by atoms with Gasteiger partial charge >= 0.3 is 0 Å². The van der Waals surface area contributed by atoms with E-state index in [1.54, 1.807) is 6.07 Å². The van der Waals surface area contributed by atoms with Gasteiger partial charge < -0.3 is 15.5 Å². The van der Waals surface area contributed by atoms with E-state index in [0.717, 1.165) is 28.8 Å². The predicted molar refractivity (Wildman–Crippen MR) is 94.0 cm³/mol. The maximum atomic E-state index is 10.0. The standard InChI is InChI=1S/C18H23NO2.ClH/c1-18(2,3)15-11-13(8-9-17(15)21)10-14-6-4-5-7-16(14)19-12-20;/h4-9,11,19-21H,10,12H2,1-3H3;1H. The largest absolute Gasteiger partial charge is 0.508 e. The predicted octanol–water partition coefficient (Wildman–Crippen LogP) is 4.06. The lowest BCUT2D eigenvalue weighted by Crippen LogP contribution is -2.12. The van der Waals surface area contributed by atoms with Crippen molar-refractivity contribution < 1.29 is 10.2 Å². The molecule has 0 atom stereocenters. The van der Waals surface area contributed by atoms with Gasteiger partial charge in [-0.05, 0) is 40.7 Å². The smallest absolute Gasteiger partial charge is 0.119 e. The Morgan fingerprint density at radius 3 is 2.36 bits per heavy atom. The molecule has 22 heavy (non-hydrogen) atoms. The Balaban J connectivity index is 0.00000242. The number of phenolic OH excluding ortho intramolecular Hbond substituents is 1. The summed E-state index contributed by atoms with van der Waals surface area (Å²) < 4.78 is 0. The number of nitrogens with one attached hydrogen (secondary N) is 1. The van der Waals surface area contributed by atoms with Crippen LogP contribution in [0.25, 0.3) is 0 Å². The Hall–Kier alpha value is -1.71. The molecule has 2 aromatic rings. The van der Waals surface area contributed by atoms with Crippen molar-refractivity contribution in [2.75, 3.05) is 12.0 Å². The first-order valence-corrected chi connectivity index (χ1v) is 7.17. The molecule has 0 aliphatic heterocycles. The summed E-state index contributed by atoms with van der Waals surface area (Å²) in [5, 5.41) is 22.0. The normalized spacial score (nSPS) is 10.9. The molecule has 0 bridgehead atoms. The van der Waals surface area contributed by atoms with Gasteiger partial charge in [-0.15, -0.1) is 12.4 Å². The zero-order valence-corrected chi connectivity index (χ0v) is 14.1. The first-order valence-electron chi connectivity index (χ1n) is 7.17. The third-order valence-electron chi connectivity index (χ3n) is 3.55. The van der Waals surface area contributed by atoms with Gasteiger partial charge in [0, 0.05) is 5.69 Å². The van der Waals surface area contributed by atoms with Crippen molar-refractivity contribution in [2.45, 2.75) is 32.6 Å². The molecule has 0 aliphatic carbocycles. The summed E-state index contributed by atoms with van der Waals surface area (Å²) in [6, 6.07) is 13.7. The van der Waals surface area contributed by atoms with Crippen LogP contribution in [0.1, 0.15) is 37.5 Å². The molecule has 4 heteroatoms. The van der Waals surface area contributed by atoms with Crippen molar-refractivity contribution in [2.24, 2.45) is 0 Å². The minimum Gasteiger partial charge on any atom is -0.508 e. The fourth-order valence-corrected chi connectivity index (χ4v) is 2.45. The van der Waals surface area contributed by atoms with Gasteiger partial charge in [-0.25, -0.2) is 0 Å². The number of aliphatic hydroxyl groups is 1. The number of benzene rings is 2. The SMILES string of the molecule is CC(C)(C)c1cc(Cc2ccccc2NCO)ccc1O.Cl. The molecule has 0 saturated carbocycles. The highest BCUT2D eigenvalue weighted by Crippen LogP contribution is 2.32. The minimum atomic E-state index is -0.0943. The van der Waals surface area contributed by atoms with Gasteiger partial charge in [0.25, 0.3) is 0 Å². The molecule has 3 N–H and O–H groups in total. The maximum absolute atomic E-state index is 10.0. The van der Waals surface area contributed by atoms with Crippen LogP contribution in [-0.2, 0) is 11.8 Å². The lowest BCUT2D eigenvalue weighted by Gasteiger charge is -2.21. The maximum Gasteiger partial charge on any atom is 0.119 e. The summed E-state index contributed by atoms with van der Waals surface area (Å²) in [5.74, 6) is 0.341. The van der Waals surface area contributed by atoms with Crippen LogP contribution in [0.2, 0.25) is 0 Å². The van der Waals surface area contributed by atoms with Crippen molar-refractivity contribution in [3.05, 3.63) is 59.2 Å². The van der Waals surface area contributed by atoms with Crippen LogP contribution < -0.4 is 5.32 Å². The molecule has 0 heterocycles. The topological polar surface area (TPSA) is 52.5 Å². The highest BCUT2D eigenvalue weighted by Gasteiger charge is 2.18. The Morgan fingerprint density at radius 2 is 1.73 bits per heavy atom. The Labute approximate surface area is 138 Å². The van der Waals surface area contributed by atoms with E-state index in [1.807, 2.05) is 30.3 Å². The molecule has 0 aliphatic rings. The Morgan fingerprint density at radius 1 is 1.05 bits per heavy atom. The van der Waals surface area contributed by atoms with E-state index in [2.05, 4.69) is 32.2 Å². The van der Waals surface area contributed by atoms with Crippen LogP contribution in [-0.4, -0.2) is 16.9 Å². The molecule has 0 unspecified atom stereocenters. The number of phenols is 1. The number of hydrogen-bond acceptors (Lipinski definition) is 3. The highest BCUT2D eigenvalue weighted by atomic mass is 35.5. The van der Waals surface area contributed by atoms with Crippen LogP contribution in [0.5, 0.6) is 5.75 Å². The quantitative estimate of drug-likeness (QED) is 0.744. The molecular formula is C18H24ClNO2. The van der Waals surface area contributed by atoms with E-state index in [-0.39, 0.29) is 24.6 Å². The number of aliphatic hydroxyl groups excluding tert-OH is 1. The number of rotatable bonds is 4. The van der Waals surface area contributed by atoms with Gasteiger partial charge in [0.15, 0.2) is 0 Å². The summed E-state index contributed by atoms with van der Waals surface area (Å²) in [6.45, 7) is 6.19. The molecule has 0 aromatic heterocycles. The minimum absolute atomic E-state index is 0. The molecule has 0 spiro atoms. The van der Waals surface area contributed by atoms with Crippen LogP contribution in [0.3, 0.4) is 0 Å². The van der Waals surface area contributed by atoms with Crippen LogP contribution in [0.15, 0.2) is 42.5 Å². The molecule has 2 rings (SSSR count). The Bertz CT molecular complexity index is 621. The van der Waals surface area contributed by atoms with Gasteiger partial charge in [-0.1, -0.05) is 51.1 Å². The summed E-state index contributed by atoms with van der Waals surface area (Å²) in [6.07, 6.45) is 0.756. The average molecular weight is 322 g/mol. The van der Waals surface area contributed by atoms with E-state index in [4.69, 9.17) is 5.11 Å². The van der Waals surface area contributed by atoms with Crippen molar-refractivity contribution in [3.63, 3.8) is 0 Å². The second kappa shape index (κ2) is 7.52. The van der Waals surface area contributed by atoms with Gasteiger partial charge in [-0.2, -0.15) is 0 Å². The van der Waals surface area contributed by atoms with Crippen molar-refractivity contribution in [3.8, 4) is 5.75 Å². The third kappa shape index (κ3) is 4.39. The van der Waals surface area contributed by atoms with E-state index < -0.39 is 0 Å². The molecule has 0 amide bonds. The summed E-state index contributed by atoms with van der Waals surface area (Å²) in [7, 11) is 0. The zero-order chi connectivity index (χ0) is 15.5. The molecule has 3 nitrogen and oxygen atoms in total. The number of hydrogen-bond donors (Lipinski definition) is 3. The van der Waals surface area contributed by atoms with E-state index in [1.165, 1.54) is 0 Å². The first kappa shape index (κ1) is 18.3. The van der Waals surface area contributed by atoms with E-state index >= 15 is 0 Å². The lowest BCUT2D eigenvalue weighted by atomic mass is 9.84. The van der Waals surface area contributed by atoms with Crippen LogP contribution in [0.4, 0.5) is 5.69 Å². The molecule has 120 valence electrons. The second-order valence-electron chi connectivity index (χ2n) is 6.27. The molecule has 0 saturated heterocycles. The van der Waals surface area contributed by atoms with Crippen LogP contribution in [0, 0.1) is 0 Å².